The second kappa shape index (κ2) is 9.56. The van der Waals surface area contributed by atoms with E-state index in [0.717, 1.165) is 5.69 Å². The summed E-state index contributed by atoms with van der Waals surface area (Å²) >= 11 is 0. The molecule has 2 aromatic rings. The van der Waals surface area contributed by atoms with Crippen molar-refractivity contribution in [3.05, 3.63) is 40.8 Å². The fourth-order valence-electron chi connectivity index (χ4n) is 4.47. The van der Waals surface area contributed by atoms with Crippen molar-refractivity contribution in [1.82, 2.24) is 29.5 Å². The number of rotatable bonds is 5. The van der Waals surface area contributed by atoms with Crippen molar-refractivity contribution >= 4 is 23.9 Å². The lowest BCUT2D eigenvalue weighted by atomic mass is 10.1. The summed E-state index contributed by atoms with van der Waals surface area (Å²) in [6.45, 7) is 10.1. The minimum Gasteiger partial charge on any atom is -0.465 e. The van der Waals surface area contributed by atoms with Crippen LogP contribution in [0.3, 0.4) is 0 Å². The van der Waals surface area contributed by atoms with Crippen molar-refractivity contribution in [1.29, 1.82) is 0 Å². The van der Waals surface area contributed by atoms with Gasteiger partial charge in [0.15, 0.2) is 0 Å². The second-order valence-corrected chi connectivity index (χ2v) is 10.8. The Morgan fingerprint density at radius 1 is 1.24 bits per heavy atom. The molecule has 0 saturated carbocycles. The van der Waals surface area contributed by atoms with Crippen molar-refractivity contribution in [3.63, 3.8) is 0 Å². The predicted octanol–water partition coefficient (Wildman–Crippen LogP) is 2.97. The minimum atomic E-state index is -1.11. The summed E-state index contributed by atoms with van der Waals surface area (Å²) in [5.74, 6) is 0.327. The summed E-state index contributed by atoms with van der Waals surface area (Å²) in [7, 11) is 3.52. The van der Waals surface area contributed by atoms with E-state index in [-0.39, 0.29) is 38.1 Å². The van der Waals surface area contributed by atoms with Crippen LogP contribution in [-0.2, 0) is 30.9 Å². The lowest BCUT2D eigenvalue weighted by molar-refractivity contribution is 0.0133. The maximum atomic E-state index is 13.7. The molecule has 4 rings (SSSR count). The van der Waals surface area contributed by atoms with Crippen LogP contribution in [0.15, 0.2) is 18.3 Å². The predicted molar refractivity (Wildman–Crippen MR) is 135 cm³/mol. The Bertz CT molecular complexity index is 1220. The van der Waals surface area contributed by atoms with E-state index >= 15 is 0 Å². The summed E-state index contributed by atoms with van der Waals surface area (Å²) < 4.78 is 7.23. The van der Waals surface area contributed by atoms with Gasteiger partial charge in [-0.05, 0) is 46.8 Å². The Morgan fingerprint density at radius 2 is 1.95 bits per heavy atom. The van der Waals surface area contributed by atoms with Gasteiger partial charge >= 0.3 is 12.2 Å². The zero-order chi connectivity index (χ0) is 27.2. The molecule has 2 aliphatic rings. The third-order valence-corrected chi connectivity index (χ3v) is 6.68. The van der Waals surface area contributed by atoms with Crippen LogP contribution in [-0.4, -0.2) is 84.6 Å². The molecule has 0 fully saturated rings. The molecule has 0 bridgehead atoms. The molecule has 4 heterocycles. The Kier molecular flexibility index (Phi) is 6.78. The topological polar surface area (TPSA) is 124 Å². The fourth-order valence-corrected chi connectivity index (χ4v) is 4.47. The highest BCUT2D eigenvalue weighted by molar-refractivity contribution is 5.99. The third-order valence-electron chi connectivity index (χ3n) is 6.68. The third kappa shape index (κ3) is 5.18. The van der Waals surface area contributed by atoms with Crippen LogP contribution in [0.1, 0.15) is 61.9 Å². The largest absolute Gasteiger partial charge is 0.465 e. The quantitative estimate of drug-likeness (QED) is 0.647. The smallest absolute Gasteiger partial charge is 0.410 e. The van der Waals surface area contributed by atoms with Crippen molar-refractivity contribution in [2.45, 2.75) is 78.6 Å². The molecule has 1 N–H and O–H groups in total. The summed E-state index contributed by atoms with van der Waals surface area (Å²) in [6.07, 6.45) is -0.708. The lowest BCUT2D eigenvalue weighted by Gasteiger charge is -2.39. The van der Waals surface area contributed by atoms with Crippen LogP contribution in [0.5, 0.6) is 0 Å². The van der Waals surface area contributed by atoms with Crippen LogP contribution in [0.4, 0.5) is 15.4 Å². The Morgan fingerprint density at radius 3 is 2.57 bits per heavy atom. The van der Waals surface area contributed by atoms with Crippen molar-refractivity contribution in [3.8, 4) is 0 Å². The van der Waals surface area contributed by atoms with Crippen molar-refractivity contribution in [2.75, 3.05) is 19.0 Å². The number of hydrogen-bond acceptors (Lipinski definition) is 7. The molecule has 0 spiro atoms. The summed E-state index contributed by atoms with van der Waals surface area (Å²) in [5.41, 5.74) is 1.83. The number of ether oxygens (including phenoxy) is 1. The van der Waals surface area contributed by atoms with Gasteiger partial charge in [0.1, 0.15) is 17.6 Å². The van der Waals surface area contributed by atoms with Crippen LogP contribution >= 0.6 is 0 Å². The Labute approximate surface area is 216 Å². The number of carboxylic acid groups (broad SMARTS) is 1. The highest BCUT2D eigenvalue weighted by Gasteiger charge is 2.42. The van der Waals surface area contributed by atoms with Crippen LogP contribution in [0.25, 0.3) is 0 Å². The lowest BCUT2D eigenvalue weighted by Crippen LogP contribution is -2.55. The maximum Gasteiger partial charge on any atom is 0.410 e. The normalized spacial score (nSPS) is 17.1. The molecule has 12 nitrogen and oxygen atoms in total. The molecule has 0 radical (unpaired) electrons. The van der Waals surface area contributed by atoms with Gasteiger partial charge in [0, 0.05) is 31.9 Å². The zero-order valence-electron chi connectivity index (χ0n) is 22.4. The first kappa shape index (κ1) is 26.2. The molecule has 200 valence electrons. The molecule has 37 heavy (non-hydrogen) atoms. The molecule has 0 aromatic carbocycles. The average Bonchev–Trinajstić information content (AvgIpc) is 3.40. The van der Waals surface area contributed by atoms with Crippen LogP contribution in [0, 0.1) is 0 Å². The highest BCUT2D eigenvalue weighted by Crippen LogP contribution is 2.33. The Hall–Kier alpha value is -3.83. The van der Waals surface area contributed by atoms with Gasteiger partial charge in [-0.25, -0.2) is 14.6 Å². The van der Waals surface area contributed by atoms with E-state index in [1.54, 1.807) is 55.7 Å². The monoisotopic (exact) mass is 513 g/mol. The van der Waals surface area contributed by atoms with E-state index in [0.29, 0.717) is 22.6 Å². The van der Waals surface area contributed by atoms with E-state index < -0.39 is 24.0 Å². The highest BCUT2D eigenvalue weighted by atomic mass is 16.6. The SMILES string of the molecule is CC(C)N(C)c1cc2c(c(CN(C)C(=O)OC(C)(C)C)n1)CN(C1Cn3nccc3CN1C(=O)O)C2=O. The van der Waals surface area contributed by atoms with Gasteiger partial charge in [0.25, 0.3) is 5.91 Å². The number of fused-ring (bicyclic) bond motifs is 2. The van der Waals surface area contributed by atoms with E-state index in [1.165, 1.54) is 9.80 Å². The van der Waals surface area contributed by atoms with Gasteiger partial charge in [-0.2, -0.15) is 5.10 Å². The van der Waals surface area contributed by atoms with Crippen molar-refractivity contribution < 1.29 is 24.2 Å². The summed E-state index contributed by atoms with van der Waals surface area (Å²) in [6, 6.07) is 3.64. The molecule has 2 aliphatic heterocycles. The number of anilines is 1. The molecule has 3 amide bonds. The van der Waals surface area contributed by atoms with Crippen LogP contribution in [0.2, 0.25) is 0 Å². The van der Waals surface area contributed by atoms with Gasteiger partial charge in [-0.15, -0.1) is 0 Å². The molecule has 1 unspecified atom stereocenters. The summed E-state index contributed by atoms with van der Waals surface area (Å²) in [5, 5.41) is 14.2. The molecule has 12 heteroatoms. The first-order chi connectivity index (χ1) is 17.3. The van der Waals surface area contributed by atoms with E-state index in [9.17, 15) is 19.5 Å². The molecule has 2 aromatic heterocycles. The molecule has 0 aliphatic carbocycles. The first-order valence-electron chi connectivity index (χ1n) is 12.3. The molecular formula is C25H35N7O5. The molecule has 0 saturated heterocycles. The molecule has 1 atom stereocenters. The minimum absolute atomic E-state index is 0.119. The molecular weight excluding hydrogens is 478 g/mol. The van der Waals surface area contributed by atoms with Gasteiger partial charge < -0.3 is 24.5 Å². The van der Waals surface area contributed by atoms with Crippen molar-refractivity contribution in [2.24, 2.45) is 0 Å². The number of carbonyl (C=O) groups excluding carboxylic acids is 2. The maximum absolute atomic E-state index is 13.7. The Balaban J connectivity index is 1.70. The van der Waals surface area contributed by atoms with E-state index in [2.05, 4.69) is 5.10 Å². The van der Waals surface area contributed by atoms with Gasteiger partial charge in [-0.3, -0.25) is 14.4 Å². The number of hydrogen-bond donors (Lipinski definition) is 1. The van der Waals surface area contributed by atoms with Gasteiger partial charge in [0.05, 0.1) is 43.1 Å². The number of carbonyl (C=O) groups is 3. The second-order valence-electron chi connectivity index (χ2n) is 10.8. The standard InChI is InChI=1S/C25H35N7O5/c1-15(2)29(7)20-10-17-18(19(27-20)13-28(6)24(36)37-25(3,4)5)12-30(22(17)33)21-14-32-16(8-9-26-32)11-31(21)23(34)35/h8-10,15,21H,11-14H2,1-7H3,(H,34,35). The average molecular weight is 514 g/mol. The fraction of sp³-hybridized carbons (Fsp3) is 0.560. The number of nitrogens with zero attached hydrogens (tertiary/aromatic N) is 7. The number of aromatic nitrogens is 3. The number of pyridine rings is 1. The van der Waals surface area contributed by atoms with E-state index in [4.69, 9.17) is 9.72 Å². The first-order valence-corrected chi connectivity index (χ1v) is 12.3. The number of amides is 3. The zero-order valence-corrected chi connectivity index (χ0v) is 22.4. The van der Waals surface area contributed by atoms with Gasteiger partial charge in [-0.1, -0.05) is 0 Å². The van der Waals surface area contributed by atoms with E-state index in [1.807, 2.05) is 25.8 Å². The van der Waals surface area contributed by atoms with Gasteiger partial charge in [0.2, 0.25) is 0 Å². The summed E-state index contributed by atoms with van der Waals surface area (Å²) in [4.78, 5) is 49.6. The van der Waals surface area contributed by atoms with Crippen LogP contribution < -0.4 is 4.90 Å².